The Balaban J connectivity index is 0.00000256. The molecule has 1 amide bonds. The largest absolute Gasteiger partial charge is 0.520 e. The van der Waals surface area contributed by atoms with Gasteiger partial charge in [0.2, 0.25) is 0 Å². The van der Waals surface area contributed by atoms with E-state index in [1.165, 1.54) is 6.41 Å². The van der Waals surface area contributed by atoms with Gasteiger partial charge in [-0.25, -0.2) is 0 Å². The zero-order valence-corrected chi connectivity index (χ0v) is 12.0. The molecule has 0 saturated carbocycles. The second-order valence-electron chi connectivity index (χ2n) is 3.76. The number of carboxylic acids is 1. The van der Waals surface area contributed by atoms with Crippen molar-refractivity contribution in [1.82, 2.24) is 5.32 Å². The van der Waals surface area contributed by atoms with E-state index >= 15 is 0 Å². The zero-order valence-electron chi connectivity index (χ0n) is 9.57. The van der Waals surface area contributed by atoms with Crippen LogP contribution in [0.4, 0.5) is 0 Å². The third-order valence-corrected chi connectivity index (χ3v) is 2.54. The monoisotopic (exact) mass is 477 g/mol. The molecular formula is C12H14FmNO3-. The van der Waals surface area contributed by atoms with Crippen LogP contribution in [0.15, 0.2) is 18.2 Å². The van der Waals surface area contributed by atoms with E-state index in [0.717, 1.165) is 16.7 Å². The van der Waals surface area contributed by atoms with Crippen molar-refractivity contribution >= 4 is 12.4 Å². The van der Waals surface area contributed by atoms with Crippen LogP contribution in [0, 0.1) is 13.8 Å². The molecule has 1 aromatic carbocycles. The Hall–Kier alpha value is -2.84. The molecule has 2 N–H and O–H groups in total. The van der Waals surface area contributed by atoms with Gasteiger partial charge in [0, 0.05) is 6.42 Å². The Bertz CT molecular complexity index is 407. The summed E-state index contributed by atoms with van der Waals surface area (Å²) >= 11 is 0. The molecule has 0 fully saturated rings. The van der Waals surface area contributed by atoms with E-state index < -0.39 is 12.0 Å². The van der Waals surface area contributed by atoms with Crippen LogP contribution in [0.1, 0.15) is 16.7 Å². The molecule has 0 spiro atoms. The second kappa shape index (κ2) is 5.90. The molecule has 0 unspecified atom stereocenters. The SMILES string of the molecule is Cc1ccc(C[C@H](N[C-]=O)C(=O)O)cc1C.[Fm]. The molecule has 0 radical (unpaired) electrons. The first-order chi connectivity index (χ1) is 7.54. The normalized spacial score (nSPS) is 11.2. The van der Waals surface area contributed by atoms with Gasteiger partial charge in [-0.1, -0.05) is 18.2 Å². The summed E-state index contributed by atoms with van der Waals surface area (Å²) in [6, 6.07) is 4.82. The first-order valence-electron chi connectivity index (χ1n) is 4.96. The summed E-state index contributed by atoms with van der Waals surface area (Å²) in [7, 11) is 0. The smallest absolute Gasteiger partial charge is 0.323 e. The average Bonchev–Trinajstić information content (AvgIpc) is 2.22. The van der Waals surface area contributed by atoms with Crippen molar-refractivity contribution < 1.29 is 14.7 Å². The van der Waals surface area contributed by atoms with E-state index in [9.17, 15) is 9.59 Å². The topological polar surface area (TPSA) is 66.4 Å². The standard InChI is InChI=1S/C12H14NO3.Fm/c1-8-3-4-10(5-9(8)2)6-11(12(15)16)13-7-14;/h3-5,11H,6H2,1-2H3,(H,13,14)(H,15,16);/q-1;/t11-;/m0./s1. The molecule has 0 saturated heterocycles. The van der Waals surface area contributed by atoms with E-state index in [1.807, 2.05) is 32.0 Å². The van der Waals surface area contributed by atoms with E-state index in [0.29, 0.717) is 0 Å². The Labute approximate surface area is 94.3 Å². The number of hydrogen-bond acceptors (Lipinski definition) is 2. The van der Waals surface area contributed by atoms with Gasteiger partial charge in [0.15, 0.2) is 0 Å². The van der Waals surface area contributed by atoms with Crippen molar-refractivity contribution in [2.45, 2.75) is 26.3 Å². The van der Waals surface area contributed by atoms with Crippen molar-refractivity contribution in [2.75, 3.05) is 0 Å². The molecule has 0 aliphatic carbocycles. The van der Waals surface area contributed by atoms with Gasteiger partial charge in [-0.05, 0) is 30.5 Å². The molecule has 0 aliphatic rings. The number of hydrogen-bond donors (Lipinski definition) is 2. The molecule has 1 aromatic rings. The summed E-state index contributed by atoms with van der Waals surface area (Å²) in [5, 5.41) is 11.0. The van der Waals surface area contributed by atoms with Gasteiger partial charge in [0.25, 0.3) is 0 Å². The third kappa shape index (κ3) is 3.66. The summed E-state index contributed by atoms with van der Waals surface area (Å²) in [6.07, 6.45) is 1.68. The number of carboxylic acid groups (broad SMARTS) is 1. The summed E-state index contributed by atoms with van der Waals surface area (Å²) in [4.78, 5) is 20.9. The van der Waals surface area contributed by atoms with Crippen LogP contribution < -0.4 is 5.32 Å². The molecular weight excluding hydrogens is 463 g/mol. The van der Waals surface area contributed by atoms with Crippen molar-refractivity contribution in [2.24, 2.45) is 0 Å². The van der Waals surface area contributed by atoms with Gasteiger partial charge in [-0.3, -0.25) is 4.79 Å². The van der Waals surface area contributed by atoms with Gasteiger partial charge in [-0.2, -0.15) is 6.41 Å². The molecule has 5 heteroatoms. The van der Waals surface area contributed by atoms with E-state index in [-0.39, 0.29) is 6.42 Å². The second-order valence-corrected chi connectivity index (χ2v) is 3.76. The van der Waals surface area contributed by atoms with Crippen LogP contribution >= 0.6 is 0 Å². The van der Waals surface area contributed by atoms with Crippen LogP contribution in [0.3, 0.4) is 0 Å². The molecule has 0 heterocycles. The minimum absolute atomic E-state index is 0. The fourth-order valence-electron chi connectivity index (χ4n) is 1.44. The molecule has 1 atom stereocenters. The van der Waals surface area contributed by atoms with Gasteiger partial charge >= 0.3 is 5.97 Å². The number of carbonyl (C=O) groups is 1. The predicted molar refractivity (Wildman–Crippen MR) is 59.9 cm³/mol. The van der Waals surface area contributed by atoms with Crippen LogP contribution in [0.25, 0.3) is 0 Å². The van der Waals surface area contributed by atoms with Gasteiger partial charge < -0.3 is 15.2 Å². The number of rotatable bonds is 5. The molecule has 0 aliphatic heterocycles. The number of carbonyl (C=O) groups excluding carboxylic acids is 1. The Morgan fingerprint density at radius 2 is 2.06 bits per heavy atom. The minimum atomic E-state index is -1.05. The molecule has 1 rings (SSSR count). The van der Waals surface area contributed by atoms with E-state index in [2.05, 4.69) is 5.32 Å². The number of nitrogens with one attached hydrogen (secondary N) is 1. The summed E-state index contributed by atoms with van der Waals surface area (Å²) in [6.45, 7) is 3.96. The Morgan fingerprint density at radius 3 is 2.53 bits per heavy atom. The van der Waals surface area contributed by atoms with Crippen LogP contribution in [0.5, 0.6) is 0 Å². The average molecular weight is 477 g/mol. The number of aliphatic carboxylic acids is 1. The molecule has 0 bridgehead atoms. The molecule has 0 aromatic heterocycles. The Morgan fingerprint density at radius 1 is 1.41 bits per heavy atom. The summed E-state index contributed by atoms with van der Waals surface area (Å²) < 4.78 is 0. The fourth-order valence-corrected chi connectivity index (χ4v) is 1.44. The first-order valence-corrected chi connectivity index (χ1v) is 4.96. The predicted octanol–water partition coefficient (Wildman–Crippen LogP) is 0.956. The zero-order chi connectivity index (χ0) is 12.1. The summed E-state index contributed by atoms with van der Waals surface area (Å²) in [5.74, 6) is -1.05. The quantitative estimate of drug-likeness (QED) is 0.491. The Kier molecular flexibility index (Phi) is 4.91. The number of amides is 1. The maximum atomic E-state index is 10.8. The van der Waals surface area contributed by atoms with Crippen LogP contribution in [-0.2, 0) is 16.0 Å². The van der Waals surface area contributed by atoms with Crippen LogP contribution in [-0.4, -0.2) is 23.5 Å². The van der Waals surface area contributed by atoms with Crippen molar-refractivity contribution in [3.63, 3.8) is 0 Å². The summed E-state index contributed by atoms with van der Waals surface area (Å²) in [5.41, 5.74) is 3.15. The van der Waals surface area contributed by atoms with Gasteiger partial charge in [-0.15, -0.1) is 0 Å². The maximum Gasteiger partial charge on any atom is 0.323 e. The van der Waals surface area contributed by atoms with E-state index in [4.69, 9.17) is 5.11 Å². The molecule has 17 heavy (non-hydrogen) atoms. The first kappa shape index (κ1) is 14.2. The molecule has 4 nitrogen and oxygen atoms in total. The van der Waals surface area contributed by atoms with Gasteiger partial charge in [0.1, 0.15) is 6.04 Å². The number of benzene rings is 1. The van der Waals surface area contributed by atoms with Crippen LogP contribution in [0.2, 0.25) is 0 Å². The van der Waals surface area contributed by atoms with E-state index in [1.54, 1.807) is 0 Å². The van der Waals surface area contributed by atoms with Crippen molar-refractivity contribution in [3.8, 4) is 0 Å². The maximum absolute atomic E-state index is 10.8. The van der Waals surface area contributed by atoms with Crippen molar-refractivity contribution in [1.29, 1.82) is 0 Å². The number of aryl methyl sites for hydroxylation is 2. The minimum Gasteiger partial charge on any atom is -0.520 e. The fraction of sp³-hybridized carbons (Fsp3) is 0.333. The third-order valence-electron chi connectivity index (χ3n) is 2.54. The molecule has 98 valence electrons. The van der Waals surface area contributed by atoms with Gasteiger partial charge in [0.05, 0.1) is 0 Å². The van der Waals surface area contributed by atoms with Crippen molar-refractivity contribution in [3.05, 3.63) is 34.9 Å².